The number of nitrogens with zero attached hydrogens (tertiary/aromatic N) is 2. The van der Waals surface area contributed by atoms with Crippen molar-refractivity contribution in [2.75, 3.05) is 5.73 Å². The van der Waals surface area contributed by atoms with Gasteiger partial charge in [0.2, 0.25) is 5.91 Å². The number of nitrogens with two attached hydrogens (primary N) is 1. The summed E-state index contributed by atoms with van der Waals surface area (Å²) >= 11 is 1.34. The van der Waals surface area contributed by atoms with Crippen LogP contribution in [0.4, 0.5) is 9.52 Å². The van der Waals surface area contributed by atoms with E-state index in [9.17, 15) is 9.18 Å². The first-order valence-corrected chi connectivity index (χ1v) is 7.73. The lowest BCUT2D eigenvalue weighted by Gasteiger charge is -2.22. The Labute approximate surface area is 126 Å². The van der Waals surface area contributed by atoms with Crippen molar-refractivity contribution in [2.45, 2.75) is 31.8 Å². The van der Waals surface area contributed by atoms with E-state index in [2.05, 4.69) is 4.98 Å². The maximum atomic E-state index is 12.9. The maximum Gasteiger partial charge on any atom is 0.229 e. The fraction of sp³-hybridized carbons (Fsp3) is 0.333. The number of carbonyl (C=O) groups is 1. The van der Waals surface area contributed by atoms with Gasteiger partial charge in [0.25, 0.3) is 0 Å². The number of carbonyl (C=O) groups excluding carboxylic acids is 1. The smallest absolute Gasteiger partial charge is 0.229 e. The number of halogens is 1. The van der Waals surface area contributed by atoms with E-state index < -0.39 is 0 Å². The highest BCUT2D eigenvalue weighted by atomic mass is 32.1. The maximum absolute atomic E-state index is 12.9. The minimum atomic E-state index is -0.263. The Morgan fingerprint density at radius 3 is 2.67 bits per heavy atom. The third kappa shape index (κ3) is 3.58. The molecule has 2 N–H and O–H groups in total. The van der Waals surface area contributed by atoms with Crippen LogP contribution >= 0.6 is 11.3 Å². The number of aromatic nitrogens is 1. The van der Waals surface area contributed by atoms with Gasteiger partial charge < -0.3 is 10.6 Å². The molecule has 1 aromatic heterocycles. The molecule has 6 heteroatoms. The molecule has 3 rings (SSSR count). The molecule has 1 saturated carbocycles. The predicted octanol–water partition coefficient (Wildman–Crippen LogP) is 2.60. The molecule has 1 aromatic carbocycles. The van der Waals surface area contributed by atoms with E-state index in [0.29, 0.717) is 23.4 Å². The van der Waals surface area contributed by atoms with Gasteiger partial charge in [-0.15, -0.1) is 11.3 Å². The van der Waals surface area contributed by atoms with Gasteiger partial charge in [0.05, 0.1) is 12.1 Å². The summed E-state index contributed by atoms with van der Waals surface area (Å²) in [5.41, 5.74) is 7.24. The van der Waals surface area contributed by atoms with E-state index >= 15 is 0 Å². The second-order valence-corrected chi connectivity index (χ2v) is 6.12. The van der Waals surface area contributed by atoms with Crippen molar-refractivity contribution >= 4 is 22.4 Å². The third-order valence-electron chi connectivity index (χ3n) is 3.48. The van der Waals surface area contributed by atoms with Crippen molar-refractivity contribution in [3.8, 4) is 0 Å². The number of nitrogen functional groups attached to an aromatic ring is 1. The predicted molar refractivity (Wildman–Crippen MR) is 80.2 cm³/mol. The molecule has 1 aliphatic carbocycles. The number of hydrogen-bond donors (Lipinski definition) is 1. The van der Waals surface area contributed by atoms with Gasteiger partial charge in [0.1, 0.15) is 5.82 Å². The molecule has 4 nitrogen and oxygen atoms in total. The monoisotopic (exact) mass is 305 g/mol. The Balaban J connectivity index is 1.69. The molecule has 0 radical (unpaired) electrons. The highest BCUT2D eigenvalue weighted by molar-refractivity contribution is 7.13. The first-order chi connectivity index (χ1) is 10.1. The molecule has 21 heavy (non-hydrogen) atoms. The van der Waals surface area contributed by atoms with Gasteiger partial charge in [0, 0.05) is 18.0 Å². The van der Waals surface area contributed by atoms with Gasteiger partial charge >= 0.3 is 0 Å². The van der Waals surface area contributed by atoms with Crippen LogP contribution in [0.15, 0.2) is 29.6 Å². The molecule has 0 saturated heterocycles. The zero-order valence-corrected chi connectivity index (χ0v) is 12.3. The first-order valence-electron chi connectivity index (χ1n) is 6.85. The summed E-state index contributed by atoms with van der Waals surface area (Å²) in [5, 5.41) is 2.30. The largest absolute Gasteiger partial charge is 0.375 e. The number of thiazole rings is 1. The van der Waals surface area contributed by atoms with Crippen LogP contribution in [0.5, 0.6) is 0 Å². The van der Waals surface area contributed by atoms with Crippen LogP contribution in [0.2, 0.25) is 0 Å². The molecule has 1 heterocycles. The van der Waals surface area contributed by atoms with Crippen LogP contribution in [0.25, 0.3) is 0 Å². The normalized spacial score (nSPS) is 14.1. The summed E-state index contributed by atoms with van der Waals surface area (Å²) in [6.45, 7) is 0.517. The van der Waals surface area contributed by atoms with Crippen molar-refractivity contribution in [2.24, 2.45) is 0 Å². The van der Waals surface area contributed by atoms with Crippen LogP contribution in [-0.2, 0) is 17.8 Å². The van der Waals surface area contributed by atoms with E-state index in [4.69, 9.17) is 5.73 Å². The topological polar surface area (TPSA) is 59.2 Å². The standard InChI is InChI=1S/C15H16FN3OS/c16-11-3-1-10(2-4-11)8-19(13-5-6-13)14(20)7-12-9-21-15(17)18-12/h1-4,9,13H,5-8H2,(H2,17,18). The number of amides is 1. The van der Waals surface area contributed by atoms with Gasteiger partial charge in [-0.05, 0) is 30.5 Å². The van der Waals surface area contributed by atoms with E-state index in [1.54, 1.807) is 12.1 Å². The molecule has 0 bridgehead atoms. The van der Waals surface area contributed by atoms with E-state index in [1.807, 2.05) is 10.3 Å². The van der Waals surface area contributed by atoms with Crippen LogP contribution in [0.3, 0.4) is 0 Å². The molecular weight excluding hydrogens is 289 g/mol. The number of benzene rings is 1. The van der Waals surface area contributed by atoms with Crippen LogP contribution in [0, 0.1) is 5.82 Å². The average molecular weight is 305 g/mol. The molecular formula is C15H16FN3OS. The Morgan fingerprint density at radius 1 is 1.38 bits per heavy atom. The second-order valence-electron chi connectivity index (χ2n) is 5.23. The van der Waals surface area contributed by atoms with Crippen LogP contribution in [0.1, 0.15) is 24.1 Å². The number of anilines is 1. The second kappa shape index (κ2) is 5.81. The van der Waals surface area contributed by atoms with Crippen LogP contribution < -0.4 is 5.73 Å². The highest BCUT2D eigenvalue weighted by Gasteiger charge is 2.32. The van der Waals surface area contributed by atoms with E-state index in [-0.39, 0.29) is 18.1 Å². The van der Waals surface area contributed by atoms with Crippen molar-refractivity contribution in [1.82, 2.24) is 9.88 Å². The summed E-state index contributed by atoms with van der Waals surface area (Å²) in [7, 11) is 0. The molecule has 0 aliphatic heterocycles. The van der Waals surface area contributed by atoms with Gasteiger partial charge in [-0.2, -0.15) is 0 Å². The van der Waals surface area contributed by atoms with Gasteiger partial charge in [-0.25, -0.2) is 9.37 Å². The molecule has 2 aromatic rings. The molecule has 1 fully saturated rings. The zero-order chi connectivity index (χ0) is 14.8. The average Bonchev–Trinajstić information content (AvgIpc) is 3.21. The Bertz CT molecular complexity index is 637. The highest BCUT2D eigenvalue weighted by Crippen LogP contribution is 2.29. The van der Waals surface area contributed by atoms with Crippen molar-refractivity contribution in [1.29, 1.82) is 0 Å². The Morgan fingerprint density at radius 2 is 2.10 bits per heavy atom. The Hall–Kier alpha value is -1.95. The zero-order valence-electron chi connectivity index (χ0n) is 11.5. The summed E-state index contributed by atoms with van der Waals surface area (Å²) in [6.07, 6.45) is 2.34. The van der Waals surface area contributed by atoms with Gasteiger partial charge in [-0.1, -0.05) is 12.1 Å². The Kier molecular flexibility index (Phi) is 3.88. The van der Waals surface area contributed by atoms with Crippen molar-refractivity contribution in [3.05, 3.63) is 46.7 Å². The summed E-state index contributed by atoms with van der Waals surface area (Å²) in [4.78, 5) is 18.4. The molecule has 1 amide bonds. The third-order valence-corrected chi connectivity index (χ3v) is 4.20. The number of hydrogen-bond acceptors (Lipinski definition) is 4. The fourth-order valence-corrected chi connectivity index (χ4v) is 2.82. The lowest BCUT2D eigenvalue weighted by atomic mass is 10.2. The van der Waals surface area contributed by atoms with Gasteiger partial charge in [0.15, 0.2) is 5.13 Å². The quantitative estimate of drug-likeness (QED) is 0.923. The van der Waals surface area contributed by atoms with E-state index in [1.165, 1.54) is 23.5 Å². The lowest BCUT2D eigenvalue weighted by Crippen LogP contribution is -2.33. The minimum Gasteiger partial charge on any atom is -0.375 e. The number of rotatable bonds is 5. The van der Waals surface area contributed by atoms with Crippen molar-refractivity contribution in [3.63, 3.8) is 0 Å². The summed E-state index contributed by atoms with van der Waals surface area (Å²) in [5.74, 6) is -0.215. The molecule has 0 unspecified atom stereocenters. The molecule has 0 spiro atoms. The summed E-state index contributed by atoms with van der Waals surface area (Å²) < 4.78 is 12.9. The first kappa shape index (κ1) is 14.0. The minimum absolute atomic E-state index is 0.0483. The fourth-order valence-electron chi connectivity index (χ4n) is 2.25. The van der Waals surface area contributed by atoms with Crippen molar-refractivity contribution < 1.29 is 9.18 Å². The van der Waals surface area contributed by atoms with Gasteiger partial charge in [-0.3, -0.25) is 4.79 Å². The molecule has 1 aliphatic rings. The SMILES string of the molecule is Nc1nc(CC(=O)N(Cc2ccc(F)cc2)C2CC2)cs1. The van der Waals surface area contributed by atoms with E-state index in [0.717, 1.165) is 18.4 Å². The molecule has 110 valence electrons. The molecule has 0 atom stereocenters. The van der Waals surface area contributed by atoms with Crippen LogP contribution in [-0.4, -0.2) is 21.8 Å². The lowest BCUT2D eigenvalue weighted by molar-refractivity contribution is -0.131. The summed E-state index contributed by atoms with van der Waals surface area (Å²) in [6, 6.07) is 6.59.